The minimum Gasteiger partial charge on any atom is -0.341 e. The Hall–Kier alpha value is -1.20. The minimum absolute atomic E-state index is 0.277. The van der Waals surface area contributed by atoms with Crippen LogP contribution in [0, 0.1) is 0 Å². The van der Waals surface area contributed by atoms with E-state index in [1.54, 1.807) is 11.8 Å². The smallest absolute Gasteiger partial charge is 0.321 e. The van der Waals surface area contributed by atoms with Crippen molar-refractivity contribution in [1.82, 2.24) is 10.6 Å². The van der Waals surface area contributed by atoms with Gasteiger partial charge in [-0.15, -0.1) is 0 Å². The van der Waals surface area contributed by atoms with Gasteiger partial charge in [0.15, 0.2) is 0 Å². The summed E-state index contributed by atoms with van der Waals surface area (Å²) in [6.45, 7) is 0. The van der Waals surface area contributed by atoms with Crippen molar-refractivity contribution >= 4 is 35.3 Å². The van der Waals surface area contributed by atoms with Crippen molar-refractivity contribution < 1.29 is 9.59 Å². The van der Waals surface area contributed by atoms with Crippen LogP contribution in [0.25, 0.3) is 0 Å². The first-order valence-electron chi connectivity index (χ1n) is 5.46. The van der Waals surface area contributed by atoms with Crippen molar-refractivity contribution in [1.29, 1.82) is 0 Å². The number of carbonyl (C=O) groups excluding carboxylic acids is 2. The monoisotopic (exact) mass is 286 g/mol. The van der Waals surface area contributed by atoms with Gasteiger partial charge in [0.1, 0.15) is 0 Å². The third-order valence-electron chi connectivity index (χ3n) is 2.17. The number of thioether (sulfide) groups is 1. The van der Waals surface area contributed by atoms with Crippen molar-refractivity contribution in [3.63, 3.8) is 0 Å². The zero-order valence-corrected chi connectivity index (χ0v) is 11.6. The Bertz CT molecular complexity index is 426. The Kier molecular flexibility index (Phi) is 6.60. The normalized spacial score (nSPS) is 9.89. The summed E-state index contributed by atoms with van der Waals surface area (Å²) >= 11 is 7.61. The Balaban J connectivity index is 2.21. The van der Waals surface area contributed by atoms with Gasteiger partial charge in [-0.1, -0.05) is 29.8 Å². The first-order valence-corrected chi connectivity index (χ1v) is 6.99. The SMILES string of the molecule is CNC(=O)NC(=O)CCSCc1ccccc1Cl. The highest BCUT2D eigenvalue weighted by Gasteiger charge is 2.05. The predicted octanol–water partition coefficient (Wildman–Crippen LogP) is 2.42. The molecule has 98 valence electrons. The summed E-state index contributed by atoms with van der Waals surface area (Å²) in [5.41, 5.74) is 1.05. The zero-order valence-electron chi connectivity index (χ0n) is 10.0. The Morgan fingerprint density at radius 1 is 1.33 bits per heavy atom. The Morgan fingerprint density at radius 2 is 2.06 bits per heavy atom. The molecule has 0 unspecified atom stereocenters. The number of benzene rings is 1. The molecule has 0 aliphatic rings. The number of hydrogen-bond acceptors (Lipinski definition) is 3. The predicted molar refractivity (Wildman–Crippen MR) is 74.8 cm³/mol. The van der Waals surface area contributed by atoms with Crippen LogP contribution >= 0.6 is 23.4 Å². The number of imide groups is 1. The first-order chi connectivity index (χ1) is 8.63. The standard InChI is InChI=1S/C12H15ClN2O2S/c1-14-12(17)15-11(16)6-7-18-8-9-4-2-3-5-10(9)13/h2-5H,6-8H2,1H3,(H2,14,15,16,17). The summed E-state index contributed by atoms with van der Waals surface area (Å²) in [5, 5.41) is 5.27. The molecule has 3 amide bonds. The van der Waals surface area contributed by atoms with E-state index in [-0.39, 0.29) is 5.91 Å². The van der Waals surface area contributed by atoms with Crippen LogP contribution in [0.1, 0.15) is 12.0 Å². The summed E-state index contributed by atoms with van der Waals surface area (Å²) in [7, 11) is 1.47. The zero-order chi connectivity index (χ0) is 13.4. The van der Waals surface area contributed by atoms with Crippen molar-refractivity contribution in [2.75, 3.05) is 12.8 Å². The molecule has 0 spiro atoms. The molecule has 2 N–H and O–H groups in total. The van der Waals surface area contributed by atoms with Gasteiger partial charge in [-0.2, -0.15) is 11.8 Å². The van der Waals surface area contributed by atoms with Crippen molar-refractivity contribution in [2.24, 2.45) is 0 Å². The van der Waals surface area contributed by atoms with Crippen molar-refractivity contribution in [2.45, 2.75) is 12.2 Å². The van der Waals surface area contributed by atoms with Gasteiger partial charge in [0, 0.05) is 30.0 Å². The van der Waals surface area contributed by atoms with E-state index in [1.165, 1.54) is 7.05 Å². The molecule has 0 saturated carbocycles. The topological polar surface area (TPSA) is 58.2 Å². The molecular weight excluding hydrogens is 272 g/mol. The molecule has 0 saturated heterocycles. The van der Waals surface area contributed by atoms with Crippen LogP contribution in [0.2, 0.25) is 5.02 Å². The molecule has 0 radical (unpaired) electrons. The van der Waals surface area contributed by atoms with Crippen LogP contribution in [0.3, 0.4) is 0 Å². The molecule has 0 aromatic heterocycles. The summed E-state index contributed by atoms with van der Waals surface area (Å²) in [4.78, 5) is 22.1. The lowest BCUT2D eigenvalue weighted by Gasteiger charge is -2.04. The van der Waals surface area contributed by atoms with Gasteiger partial charge in [-0.25, -0.2) is 4.79 Å². The van der Waals surface area contributed by atoms with Gasteiger partial charge < -0.3 is 5.32 Å². The molecule has 0 aliphatic carbocycles. The molecule has 18 heavy (non-hydrogen) atoms. The van der Waals surface area contributed by atoms with Crippen LogP contribution in [0.15, 0.2) is 24.3 Å². The second-order valence-electron chi connectivity index (χ2n) is 3.52. The molecular formula is C12H15ClN2O2S. The van der Waals surface area contributed by atoms with E-state index < -0.39 is 6.03 Å². The summed E-state index contributed by atoms with van der Waals surface area (Å²) in [5.74, 6) is 1.13. The molecule has 1 rings (SSSR count). The van der Waals surface area contributed by atoms with E-state index in [2.05, 4.69) is 10.6 Å². The molecule has 0 fully saturated rings. The number of hydrogen-bond donors (Lipinski definition) is 2. The quantitative estimate of drug-likeness (QED) is 0.817. The van der Waals surface area contributed by atoms with Crippen molar-refractivity contribution in [3.8, 4) is 0 Å². The average molecular weight is 287 g/mol. The molecule has 0 bridgehead atoms. The maximum absolute atomic E-state index is 11.3. The highest BCUT2D eigenvalue weighted by atomic mass is 35.5. The van der Waals surface area contributed by atoms with Gasteiger partial charge >= 0.3 is 6.03 Å². The Labute approximate surface area is 115 Å². The van der Waals surface area contributed by atoms with Crippen molar-refractivity contribution in [3.05, 3.63) is 34.9 Å². The van der Waals surface area contributed by atoms with E-state index >= 15 is 0 Å². The number of amides is 3. The maximum Gasteiger partial charge on any atom is 0.321 e. The van der Waals surface area contributed by atoms with Crippen LogP contribution < -0.4 is 10.6 Å². The molecule has 0 atom stereocenters. The molecule has 0 aliphatic heterocycles. The molecule has 0 heterocycles. The van der Waals surface area contributed by atoms with Crippen LogP contribution in [0.5, 0.6) is 0 Å². The van der Waals surface area contributed by atoms with E-state index in [1.807, 2.05) is 24.3 Å². The van der Waals surface area contributed by atoms with E-state index in [0.717, 1.165) is 16.3 Å². The van der Waals surface area contributed by atoms with Gasteiger partial charge in [-0.05, 0) is 11.6 Å². The van der Waals surface area contributed by atoms with Gasteiger partial charge in [-0.3, -0.25) is 10.1 Å². The molecule has 4 nitrogen and oxygen atoms in total. The van der Waals surface area contributed by atoms with Crippen LogP contribution in [-0.4, -0.2) is 24.7 Å². The number of urea groups is 1. The van der Waals surface area contributed by atoms with E-state index in [0.29, 0.717) is 12.2 Å². The summed E-state index contributed by atoms with van der Waals surface area (Å²) in [6.07, 6.45) is 0.308. The van der Waals surface area contributed by atoms with E-state index in [9.17, 15) is 9.59 Å². The number of nitrogens with one attached hydrogen (secondary N) is 2. The lowest BCUT2D eigenvalue weighted by Crippen LogP contribution is -2.37. The summed E-state index contributed by atoms with van der Waals surface area (Å²) in [6, 6.07) is 7.14. The van der Waals surface area contributed by atoms with Crippen LogP contribution in [0.4, 0.5) is 4.79 Å². The first kappa shape index (κ1) is 14.9. The van der Waals surface area contributed by atoms with Gasteiger partial charge in [0.05, 0.1) is 0 Å². The molecule has 1 aromatic carbocycles. The molecule has 6 heteroatoms. The van der Waals surface area contributed by atoms with E-state index in [4.69, 9.17) is 11.6 Å². The average Bonchev–Trinajstić information content (AvgIpc) is 2.36. The number of halogens is 1. The Morgan fingerprint density at radius 3 is 2.72 bits per heavy atom. The third-order valence-corrected chi connectivity index (χ3v) is 3.55. The lowest BCUT2D eigenvalue weighted by atomic mass is 10.2. The number of rotatable bonds is 5. The lowest BCUT2D eigenvalue weighted by molar-refractivity contribution is -0.119. The van der Waals surface area contributed by atoms with Gasteiger partial charge in [0.25, 0.3) is 0 Å². The number of carbonyl (C=O) groups is 2. The maximum atomic E-state index is 11.3. The fraction of sp³-hybridized carbons (Fsp3) is 0.333. The third kappa shape index (κ3) is 5.42. The highest BCUT2D eigenvalue weighted by molar-refractivity contribution is 7.98. The fourth-order valence-electron chi connectivity index (χ4n) is 1.21. The molecule has 1 aromatic rings. The second-order valence-corrected chi connectivity index (χ2v) is 5.03. The highest BCUT2D eigenvalue weighted by Crippen LogP contribution is 2.20. The summed E-state index contributed by atoms with van der Waals surface area (Å²) < 4.78 is 0. The second kappa shape index (κ2) is 8.00. The largest absolute Gasteiger partial charge is 0.341 e. The van der Waals surface area contributed by atoms with Gasteiger partial charge in [0.2, 0.25) is 5.91 Å². The minimum atomic E-state index is -0.476. The van der Waals surface area contributed by atoms with Crippen LogP contribution in [-0.2, 0) is 10.5 Å². The fourth-order valence-corrected chi connectivity index (χ4v) is 2.44.